The summed E-state index contributed by atoms with van der Waals surface area (Å²) >= 11 is 1.50. The van der Waals surface area contributed by atoms with E-state index in [1.807, 2.05) is 0 Å². The maximum Gasteiger partial charge on any atom is 0.125 e. The highest BCUT2D eigenvalue weighted by molar-refractivity contribution is 7.98. The molecule has 0 atom stereocenters. The number of nitrogen functional groups attached to an aromatic ring is 1. The van der Waals surface area contributed by atoms with Crippen molar-refractivity contribution in [1.82, 2.24) is 9.97 Å². The van der Waals surface area contributed by atoms with Crippen molar-refractivity contribution in [1.29, 1.82) is 0 Å². The minimum absolute atomic E-state index is 0.310. The minimum Gasteiger partial charge on any atom is -0.399 e. The van der Waals surface area contributed by atoms with Crippen LogP contribution in [0.2, 0.25) is 0 Å². The van der Waals surface area contributed by atoms with Crippen molar-refractivity contribution in [2.24, 2.45) is 0 Å². The Morgan fingerprint density at radius 3 is 2.81 bits per heavy atom. The van der Waals surface area contributed by atoms with Gasteiger partial charge in [-0.1, -0.05) is 0 Å². The van der Waals surface area contributed by atoms with E-state index in [2.05, 4.69) is 9.97 Å². The van der Waals surface area contributed by atoms with Crippen LogP contribution in [0.3, 0.4) is 0 Å². The standard InChI is InChI=1S/C11H10FN3S/c12-9-3-8(4-10(13)5-9)7-16-11-6-14-1-2-15-11/h1-6H,7,13H2. The molecule has 0 fully saturated rings. The lowest BCUT2D eigenvalue weighted by molar-refractivity contribution is 0.627. The number of hydrogen-bond acceptors (Lipinski definition) is 4. The van der Waals surface area contributed by atoms with Gasteiger partial charge in [-0.2, -0.15) is 0 Å². The molecule has 16 heavy (non-hydrogen) atoms. The van der Waals surface area contributed by atoms with E-state index < -0.39 is 0 Å². The molecule has 82 valence electrons. The number of anilines is 1. The Bertz CT molecular complexity index is 456. The minimum atomic E-state index is -0.310. The highest BCUT2D eigenvalue weighted by atomic mass is 32.2. The fourth-order valence-corrected chi connectivity index (χ4v) is 2.03. The summed E-state index contributed by atoms with van der Waals surface area (Å²) in [6, 6.07) is 4.53. The second kappa shape index (κ2) is 4.94. The third-order valence-electron chi connectivity index (χ3n) is 1.91. The number of hydrogen-bond donors (Lipinski definition) is 1. The summed E-state index contributed by atoms with van der Waals surface area (Å²) < 4.78 is 13.0. The first-order chi connectivity index (χ1) is 7.74. The van der Waals surface area contributed by atoms with E-state index in [1.165, 1.54) is 23.9 Å². The van der Waals surface area contributed by atoms with E-state index in [1.54, 1.807) is 24.7 Å². The lowest BCUT2D eigenvalue weighted by Crippen LogP contribution is -1.90. The quantitative estimate of drug-likeness (QED) is 0.656. The molecule has 0 aliphatic heterocycles. The van der Waals surface area contributed by atoms with Crippen LogP contribution in [0.5, 0.6) is 0 Å². The smallest absolute Gasteiger partial charge is 0.125 e. The third-order valence-corrected chi connectivity index (χ3v) is 2.89. The van der Waals surface area contributed by atoms with Crippen molar-refractivity contribution < 1.29 is 4.39 Å². The van der Waals surface area contributed by atoms with E-state index >= 15 is 0 Å². The fourth-order valence-electron chi connectivity index (χ4n) is 1.28. The van der Waals surface area contributed by atoms with Crippen molar-refractivity contribution in [3.63, 3.8) is 0 Å². The van der Waals surface area contributed by atoms with Crippen LogP contribution in [0, 0.1) is 5.82 Å². The predicted octanol–water partition coefficient (Wildman–Crippen LogP) is 2.49. The second-order valence-corrected chi connectivity index (χ2v) is 4.22. The van der Waals surface area contributed by atoms with E-state index in [0.29, 0.717) is 11.4 Å². The number of halogens is 1. The van der Waals surface area contributed by atoms with Crippen molar-refractivity contribution >= 4 is 17.4 Å². The van der Waals surface area contributed by atoms with Gasteiger partial charge in [0.1, 0.15) is 10.8 Å². The van der Waals surface area contributed by atoms with Crippen LogP contribution in [0.15, 0.2) is 41.8 Å². The van der Waals surface area contributed by atoms with Gasteiger partial charge in [-0.15, -0.1) is 11.8 Å². The van der Waals surface area contributed by atoms with Gasteiger partial charge in [0.25, 0.3) is 0 Å². The van der Waals surface area contributed by atoms with Gasteiger partial charge in [-0.05, 0) is 23.8 Å². The van der Waals surface area contributed by atoms with Crippen LogP contribution >= 0.6 is 11.8 Å². The van der Waals surface area contributed by atoms with Crippen LogP contribution in [-0.2, 0) is 5.75 Å². The van der Waals surface area contributed by atoms with Gasteiger partial charge in [0, 0.05) is 23.8 Å². The van der Waals surface area contributed by atoms with Crippen LogP contribution < -0.4 is 5.73 Å². The zero-order chi connectivity index (χ0) is 11.4. The van der Waals surface area contributed by atoms with E-state index in [9.17, 15) is 4.39 Å². The topological polar surface area (TPSA) is 51.8 Å². The number of nitrogens with two attached hydrogens (primary N) is 1. The first-order valence-corrected chi connectivity index (χ1v) is 5.66. The first kappa shape index (κ1) is 10.9. The number of nitrogens with zero attached hydrogens (tertiary/aromatic N) is 2. The number of aromatic nitrogens is 2. The first-order valence-electron chi connectivity index (χ1n) is 4.68. The molecule has 1 aromatic heterocycles. The largest absolute Gasteiger partial charge is 0.399 e. The Morgan fingerprint density at radius 2 is 2.12 bits per heavy atom. The van der Waals surface area contributed by atoms with Crippen molar-refractivity contribution in [3.05, 3.63) is 48.2 Å². The molecule has 2 N–H and O–H groups in total. The normalized spacial score (nSPS) is 10.3. The summed E-state index contributed by atoms with van der Waals surface area (Å²) in [5, 5.41) is 0.810. The summed E-state index contributed by atoms with van der Waals surface area (Å²) in [4.78, 5) is 8.06. The predicted molar refractivity (Wildman–Crippen MR) is 62.4 cm³/mol. The highest BCUT2D eigenvalue weighted by Gasteiger charge is 2.00. The molecule has 0 spiro atoms. The van der Waals surface area contributed by atoms with Gasteiger partial charge >= 0.3 is 0 Å². The van der Waals surface area contributed by atoms with Crippen molar-refractivity contribution in [3.8, 4) is 0 Å². The Labute approximate surface area is 96.9 Å². The average molecular weight is 235 g/mol. The van der Waals surface area contributed by atoms with Gasteiger partial charge in [-0.25, -0.2) is 9.37 Å². The molecule has 0 aliphatic rings. The highest BCUT2D eigenvalue weighted by Crippen LogP contribution is 2.21. The summed E-state index contributed by atoms with van der Waals surface area (Å²) in [7, 11) is 0. The summed E-state index contributed by atoms with van der Waals surface area (Å²) in [5.41, 5.74) is 6.83. The van der Waals surface area contributed by atoms with E-state index in [4.69, 9.17) is 5.73 Å². The maximum absolute atomic E-state index is 13.0. The zero-order valence-electron chi connectivity index (χ0n) is 8.43. The van der Waals surface area contributed by atoms with E-state index in [-0.39, 0.29) is 5.82 Å². The number of thioether (sulfide) groups is 1. The van der Waals surface area contributed by atoms with Gasteiger partial charge < -0.3 is 5.73 Å². The van der Waals surface area contributed by atoms with Crippen LogP contribution in [0.4, 0.5) is 10.1 Å². The molecule has 3 nitrogen and oxygen atoms in total. The van der Waals surface area contributed by atoms with Crippen molar-refractivity contribution in [2.45, 2.75) is 10.8 Å². The Hall–Kier alpha value is -1.62. The Kier molecular flexibility index (Phi) is 3.36. The molecular formula is C11H10FN3S. The summed E-state index contributed by atoms with van der Waals surface area (Å²) in [6.45, 7) is 0. The summed E-state index contributed by atoms with van der Waals surface area (Å²) in [5.74, 6) is 0.315. The third kappa shape index (κ3) is 2.93. The lowest BCUT2D eigenvalue weighted by atomic mass is 10.2. The molecule has 0 radical (unpaired) electrons. The molecule has 2 aromatic rings. The van der Waals surface area contributed by atoms with Gasteiger partial charge in [0.05, 0.1) is 6.20 Å². The Morgan fingerprint density at radius 1 is 1.25 bits per heavy atom. The van der Waals surface area contributed by atoms with Crippen LogP contribution in [0.1, 0.15) is 5.56 Å². The molecule has 2 rings (SSSR count). The summed E-state index contributed by atoms with van der Waals surface area (Å²) in [6.07, 6.45) is 4.92. The SMILES string of the molecule is Nc1cc(F)cc(CSc2cnccn2)c1. The molecule has 0 saturated heterocycles. The van der Waals surface area contributed by atoms with E-state index in [0.717, 1.165) is 10.6 Å². The van der Waals surface area contributed by atoms with Gasteiger partial charge in [-0.3, -0.25) is 4.98 Å². The molecular weight excluding hydrogens is 225 g/mol. The van der Waals surface area contributed by atoms with Crippen LogP contribution in [0.25, 0.3) is 0 Å². The van der Waals surface area contributed by atoms with Crippen molar-refractivity contribution in [2.75, 3.05) is 5.73 Å². The molecule has 1 heterocycles. The number of benzene rings is 1. The molecule has 5 heteroatoms. The molecule has 0 unspecified atom stereocenters. The molecule has 0 amide bonds. The molecule has 0 saturated carbocycles. The van der Waals surface area contributed by atoms with Gasteiger partial charge in [0.2, 0.25) is 0 Å². The second-order valence-electron chi connectivity index (χ2n) is 3.23. The average Bonchev–Trinajstić information content (AvgIpc) is 2.27. The monoisotopic (exact) mass is 235 g/mol. The fraction of sp³-hybridized carbons (Fsp3) is 0.0909. The maximum atomic E-state index is 13.0. The molecule has 1 aromatic carbocycles. The molecule has 0 aliphatic carbocycles. The number of rotatable bonds is 3. The zero-order valence-corrected chi connectivity index (χ0v) is 9.25. The van der Waals surface area contributed by atoms with Crippen LogP contribution in [-0.4, -0.2) is 9.97 Å². The van der Waals surface area contributed by atoms with Gasteiger partial charge in [0.15, 0.2) is 0 Å². The lowest BCUT2D eigenvalue weighted by Gasteiger charge is -2.02. The molecule has 0 bridgehead atoms. The Balaban J connectivity index is 2.05.